The molecule has 0 radical (unpaired) electrons. The molecule has 0 aliphatic rings. The molecular weight excluding hydrogens is 370 g/mol. The minimum absolute atomic E-state index is 0.0846. The van der Waals surface area contributed by atoms with Gasteiger partial charge in [-0.25, -0.2) is 4.79 Å². The van der Waals surface area contributed by atoms with E-state index in [1.165, 1.54) is 24.3 Å². The van der Waals surface area contributed by atoms with E-state index >= 15 is 0 Å². The molecule has 1 heterocycles. The van der Waals surface area contributed by atoms with Crippen molar-refractivity contribution in [3.05, 3.63) is 33.2 Å². The number of furan rings is 1. The highest BCUT2D eigenvalue weighted by atomic mass is 79.9. The van der Waals surface area contributed by atoms with E-state index in [0.717, 1.165) is 0 Å². The van der Waals surface area contributed by atoms with Crippen molar-refractivity contribution in [2.24, 2.45) is 0 Å². The molecule has 1 aromatic heterocycles. The predicted molar refractivity (Wildman–Crippen MR) is 72.3 cm³/mol. The van der Waals surface area contributed by atoms with Crippen LogP contribution in [0.25, 0.3) is 0 Å². The van der Waals surface area contributed by atoms with Gasteiger partial charge in [0.15, 0.2) is 11.5 Å². The summed E-state index contributed by atoms with van der Waals surface area (Å²) < 4.78 is 10.0. The Kier molecular flexibility index (Phi) is 5.61. The molecule has 0 saturated carbocycles. The van der Waals surface area contributed by atoms with E-state index in [0.29, 0.717) is 9.94 Å². The molecule has 0 aliphatic heterocycles. The minimum atomic E-state index is -0.625. The first-order valence-corrected chi connectivity index (χ1v) is 6.60. The Labute approximate surface area is 121 Å². The van der Waals surface area contributed by atoms with E-state index in [1.54, 1.807) is 13.0 Å². The van der Waals surface area contributed by atoms with Crippen molar-refractivity contribution in [3.8, 4) is 0 Å². The summed E-state index contributed by atoms with van der Waals surface area (Å²) >= 11 is 6.25. The molecule has 1 aromatic rings. The number of halogens is 2. The van der Waals surface area contributed by atoms with E-state index in [2.05, 4.69) is 36.6 Å². The molecule has 7 heteroatoms. The summed E-state index contributed by atoms with van der Waals surface area (Å²) in [6.45, 7) is 2.04. The van der Waals surface area contributed by atoms with Gasteiger partial charge in [-0.1, -0.05) is 0 Å². The fraction of sp³-hybridized carbons (Fsp3) is 0.273. The first-order valence-electron chi connectivity index (χ1n) is 5.01. The molecule has 5 nitrogen and oxygen atoms in total. The van der Waals surface area contributed by atoms with E-state index < -0.39 is 11.9 Å². The zero-order valence-corrected chi connectivity index (χ0v) is 12.9. The summed E-state index contributed by atoms with van der Waals surface area (Å²) in [6.07, 6.45) is 1.39. The summed E-state index contributed by atoms with van der Waals surface area (Å²) in [5, 5.41) is 0. The molecule has 0 saturated heterocycles. The van der Waals surface area contributed by atoms with Crippen LogP contribution in [0.5, 0.6) is 0 Å². The van der Waals surface area contributed by atoms with Crippen molar-refractivity contribution in [1.82, 2.24) is 4.90 Å². The van der Waals surface area contributed by atoms with Crippen LogP contribution < -0.4 is 0 Å². The second kappa shape index (κ2) is 6.75. The number of esters is 1. The normalized spacial score (nSPS) is 9.78. The van der Waals surface area contributed by atoms with E-state index in [-0.39, 0.29) is 11.5 Å². The zero-order valence-electron chi connectivity index (χ0n) is 9.78. The Balaban J connectivity index is 3.12. The molecule has 0 aliphatic carbocycles. The highest BCUT2D eigenvalue weighted by Gasteiger charge is 2.27. The molecule has 0 atom stereocenters. The number of hydrogen-bond donors (Lipinski definition) is 0. The highest BCUT2D eigenvalue weighted by molar-refractivity contribution is 9.28. The molecule has 18 heavy (non-hydrogen) atoms. The van der Waals surface area contributed by atoms with E-state index in [4.69, 9.17) is 4.42 Å². The van der Waals surface area contributed by atoms with Gasteiger partial charge >= 0.3 is 5.97 Å². The van der Waals surface area contributed by atoms with Crippen LogP contribution in [0.1, 0.15) is 17.5 Å². The van der Waals surface area contributed by atoms with Crippen molar-refractivity contribution in [2.75, 3.05) is 13.7 Å². The standard InChI is InChI=1S/C11H11Br2NO4/c1-3-14(8(9(12)13)11(16)17-2)10(15)7-5-4-6-18-7/h4-6H,3H2,1-2H3. The van der Waals surface area contributed by atoms with Crippen molar-refractivity contribution < 1.29 is 18.7 Å². The van der Waals surface area contributed by atoms with Gasteiger partial charge in [-0.3, -0.25) is 9.69 Å². The van der Waals surface area contributed by atoms with Gasteiger partial charge in [-0.15, -0.1) is 0 Å². The summed E-state index contributed by atoms with van der Waals surface area (Å²) in [5.74, 6) is -0.890. The maximum absolute atomic E-state index is 12.2. The average molecular weight is 381 g/mol. The van der Waals surface area contributed by atoms with Crippen molar-refractivity contribution in [1.29, 1.82) is 0 Å². The topological polar surface area (TPSA) is 59.8 Å². The SMILES string of the molecule is CCN(C(=O)c1ccco1)C(C(=O)OC)=C(Br)Br. The van der Waals surface area contributed by atoms with Gasteiger partial charge in [-0.2, -0.15) is 0 Å². The number of rotatable bonds is 4. The predicted octanol–water partition coefficient (Wildman–Crippen LogP) is 2.87. The quantitative estimate of drug-likeness (QED) is 0.595. The summed E-state index contributed by atoms with van der Waals surface area (Å²) in [5.41, 5.74) is 0.0846. The van der Waals surface area contributed by atoms with Crippen molar-refractivity contribution in [3.63, 3.8) is 0 Å². The third kappa shape index (κ3) is 3.23. The Morgan fingerprint density at radius 1 is 1.44 bits per heavy atom. The number of carbonyl (C=O) groups excluding carboxylic acids is 2. The van der Waals surface area contributed by atoms with Crippen molar-refractivity contribution in [2.45, 2.75) is 6.92 Å². The largest absolute Gasteiger partial charge is 0.464 e. The fourth-order valence-electron chi connectivity index (χ4n) is 1.32. The number of hydrogen-bond acceptors (Lipinski definition) is 4. The Hall–Kier alpha value is -1.08. The fourth-order valence-corrected chi connectivity index (χ4v) is 2.07. The third-order valence-electron chi connectivity index (χ3n) is 2.12. The molecule has 0 aromatic carbocycles. The lowest BCUT2D eigenvalue weighted by atomic mass is 10.3. The highest BCUT2D eigenvalue weighted by Crippen LogP contribution is 2.24. The molecule has 0 unspecified atom stereocenters. The Morgan fingerprint density at radius 3 is 2.50 bits per heavy atom. The van der Waals surface area contributed by atoms with Gasteiger partial charge in [-0.05, 0) is 50.9 Å². The van der Waals surface area contributed by atoms with Crippen LogP contribution in [0.3, 0.4) is 0 Å². The monoisotopic (exact) mass is 379 g/mol. The Bertz CT molecular complexity index is 463. The van der Waals surface area contributed by atoms with Crippen LogP contribution in [0.15, 0.2) is 31.9 Å². The Morgan fingerprint density at radius 2 is 2.11 bits per heavy atom. The van der Waals surface area contributed by atoms with E-state index in [9.17, 15) is 9.59 Å². The van der Waals surface area contributed by atoms with E-state index in [1.807, 2.05) is 0 Å². The van der Waals surface area contributed by atoms with Gasteiger partial charge in [0.2, 0.25) is 0 Å². The molecule has 0 bridgehead atoms. The molecule has 1 amide bonds. The van der Waals surface area contributed by atoms with Gasteiger partial charge in [0.1, 0.15) is 0 Å². The minimum Gasteiger partial charge on any atom is -0.464 e. The summed E-state index contributed by atoms with van der Waals surface area (Å²) in [7, 11) is 1.25. The summed E-state index contributed by atoms with van der Waals surface area (Å²) in [6, 6.07) is 3.13. The second-order valence-electron chi connectivity index (χ2n) is 3.13. The molecule has 0 spiro atoms. The van der Waals surface area contributed by atoms with Crippen LogP contribution in [-0.4, -0.2) is 30.4 Å². The molecule has 98 valence electrons. The van der Waals surface area contributed by atoms with Crippen molar-refractivity contribution >= 4 is 43.7 Å². The first kappa shape index (κ1) is 15.0. The van der Waals surface area contributed by atoms with Gasteiger partial charge in [0, 0.05) is 6.54 Å². The zero-order chi connectivity index (χ0) is 13.7. The smallest absolute Gasteiger partial charge is 0.356 e. The average Bonchev–Trinajstić information content (AvgIpc) is 2.87. The molecular formula is C11H11Br2NO4. The second-order valence-corrected chi connectivity index (χ2v) is 5.78. The molecule has 0 N–H and O–H groups in total. The van der Waals surface area contributed by atoms with Crippen LogP contribution in [0.2, 0.25) is 0 Å². The lowest BCUT2D eigenvalue weighted by Crippen LogP contribution is -2.34. The van der Waals surface area contributed by atoms with Crippen LogP contribution >= 0.6 is 31.9 Å². The van der Waals surface area contributed by atoms with Crippen LogP contribution in [0, 0.1) is 0 Å². The van der Waals surface area contributed by atoms with Gasteiger partial charge < -0.3 is 9.15 Å². The molecule has 1 rings (SSSR count). The number of ether oxygens (including phenoxy) is 1. The number of carbonyl (C=O) groups is 2. The lowest BCUT2D eigenvalue weighted by molar-refractivity contribution is -0.137. The van der Waals surface area contributed by atoms with Crippen LogP contribution in [0.4, 0.5) is 0 Å². The van der Waals surface area contributed by atoms with Gasteiger partial charge in [0.05, 0.1) is 16.8 Å². The molecule has 0 fully saturated rings. The first-order chi connectivity index (χ1) is 8.52. The maximum atomic E-state index is 12.2. The summed E-state index contributed by atoms with van der Waals surface area (Å²) in [4.78, 5) is 25.1. The van der Waals surface area contributed by atoms with Crippen LogP contribution in [-0.2, 0) is 9.53 Å². The number of amides is 1. The third-order valence-corrected chi connectivity index (χ3v) is 2.87. The maximum Gasteiger partial charge on any atom is 0.356 e. The number of methoxy groups -OCH3 is 1. The number of nitrogens with zero attached hydrogens (tertiary/aromatic N) is 1. The van der Waals surface area contributed by atoms with Gasteiger partial charge in [0.25, 0.3) is 5.91 Å². The number of likely N-dealkylation sites (N-methyl/N-ethyl adjacent to an activating group) is 1. The lowest BCUT2D eigenvalue weighted by Gasteiger charge is -2.21.